The molecule has 1 aromatic heterocycles. The van der Waals surface area contributed by atoms with Crippen LogP contribution >= 0.6 is 23.2 Å². The van der Waals surface area contributed by atoms with Crippen molar-refractivity contribution in [1.29, 1.82) is 0 Å². The fourth-order valence-corrected chi connectivity index (χ4v) is 1.97. The Kier molecular flexibility index (Phi) is 2.25. The Labute approximate surface area is 91.6 Å². The van der Waals surface area contributed by atoms with Crippen LogP contribution in [0.15, 0.2) is 18.3 Å². The number of nitrogens with zero attached hydrogens (tertiary/aromatic N) is 1. The lowest BCUT2D eigenvalue weighted by Crippen LogP contribution is -1.91. The fraction of sp³-hybridized carbons (Fsp3) is 0.100. The van der Waals surface area contributed by atoms with E-state index in [1.807, 2.05) is 6.92 Å². The van der Waals surface area contributed by atoms with Gasteiger partial charge < -0.3 is 5.73 Å². The van der Waals surface area contributed by atoms with E-state index in [1.54, 1.807) is 18.3 Å². The summed E-state index contributed by atoms with van der Waals surface area (Å²) in [6, 6.07) is 3.50. The highest BCUT2D eigenvalue weighted by Crippen LogP contribution is 2.34. The second kappa shape index (κ2) is 3.30. The number of hydrogen-bond donors (Lipinski definition) is 1. The highest BCUT2D eigenvalue weighted by atomic mass is 35.5. The number of rotatable bonds is 0. The van der Waals surface area contributed by atoms with E-state index in [0.717, 1.165) is 10.9 Å². The van der Waals surface area contributed by atoms with E-state index in [1.165, 1.54) is 0 Å². The van der Waals surface area contributed by atoms with Crippen molar-refractivity contribution in [3.63, 3.8) is 0 Å². The lowest BCUT2D eigenvalue weighted by molar-refractivity contribution is 1.39. The zero-order valence-electron chi connectivity index (χ0n) is 7.51. The molecule has 0 unspecified atom stereocenters. The molecular weight excluding hydrogens is 219 g/mol. The van der Waals surface area contributed by atoms with Crippen LogP contribution < -0.4 is 5.73 Å². The number of fused-ring (bicyclic) bond motifs is 1. The van der Waals surface area contributed by atoms with Crippen LogP contribution in [0.1, 0.15) is 5.56 Å². The van der Waals surface area contributed by atoms with Crippen LogP contribution in [-0.2, 0) is 0 Å². The van der Waals surface area contributed by atoms with Gasteiger partial charge in [0.05, 0.1) is 15.6 Å². The quantitative estimate of drug-likeness (QED) is 0.748. The maximum atomic E-state index is 6.12. The molecule has 0 aliphatic carbocycles. The van der Waals surface area contributed by atoms with Gasteiger partial charge in [-0.05, 0) is 24.6 Å². The smallest absolute Gasteiger partial charge is 0.0924 e. The van der Waals surface area contributed by atoms with E-state index in [-0.39, 0.29) is 0 Å². The lowest BCUT2D eigenvalue weighted by Gasteiger charge is -2.07. The normalized spacial score (nSPS) is 10.8. The Morgan fingerprint density at radius 1 is 1.36 bits per heavy atom. The maximum Gasteiger partial charge on any atom is 0.0924 e. The summed E-state index contributed by atoms with van der Waals surface area (Å²) < 4.78 is 0. The van der Waals surface area contributed by atoms with Crippen molar-refractivity contribution in [1.82, 2.24) is 4.98 Å². The van der Waals surface area contributed by atoms with Crippen LogP contribution in [0, 0.1) is 6.92 Å². The first kappa shape index (κ1) is 9.56. The molecule has 0 aliphatic heterocycles. The molecule has 0 fully saturated rings. The van der Waals surface area contributed by atoms with E-state index in [0.29, 0.717) is 21.2 Å². The summed E-state index contributed by atoms with van der Waals surface area (Å²) in [4.78, 5) is 4.15. The molecule has 2 nitrogen and oxygen atoms in total. The number of aryl methyl sites for hydroxylation is 1. The summed E-state index contributed by atoms with van der Waals surface area (Å²) in [5.74, 6) is 0. The number of aromatic nitrogens is 1. The Bertz CT molecular complexity index is 509. The predicted molar refractivity (Wildman–Crippen MR) is 60.9 cm³/mol. The fourth-order valence-electron chi connectivity index (χ4n) is 1.41. The largest absolute Gasteiger partial charge is 0.398 e. The molecule has 0 amide bonds. The number of pyridine rings is 1. The van der Waals surface area contributed by atoms with Gasteiger partial charge in [0.15, 0.2) is 0 Å². The van der Waals surface area contributed by atoms with E-state index in [2.05, 4.69) is 4.98 Å². The van der Waals surface area contributed by atoms with Gasteiger partial charge in [-0.1, -0.05) is 23.2 Å². The standard InChI is InChI=1S/C10H8Cl2N2/c1-5-4-6(11)10-8(9(5)12)7(13)2-3-14-10/h2-4H,1H3,(H2,13,14). The van der Waals surface area contributed by atoms with Gasteiger partial charge in [-0.2, -0.15) is 0 Å². The van der Waals surface area contributed by atoms with Crippen LogP contribution in [0.25, 0.3) is 10.9 Å². The molecule has 0 saturated carbocycles. The third kappa shape index (κ3) is 1.31. The van der Waals surface area contributed by atoms with Crippen molar-refractivity contribution in [3.8, 4) is 0 Å². The Morgan fingerprint density at radius 3 is 2.79 bits per heavy atom. The molecule has 0 saturated heterocycles. The van der Waals surface area contributed by atoms with E-state index in [4.69, 9.17) is 28.9 Å². The molecular formula is C10H8Cl2N2. The average molecular weight is 227 g/mol. The summed E-state index contributed by atoms with van der Waals surface area (Å²) in [5.41, 5.74) is 7.98. The molecule has 0 radical (unpaired) electrons. The van der Waals surface area contributed by atoms with Gasteiger partial charge in [0.2, 0.25) is 0 Å². The van der Waals surface area contributed by atoms with E-state index in [9.17, 15) is 0 Å². The molecule has 2 N–H and O–H groups in total. The zero-order chi connectivity index (χ0) is 10.3. The Morgan fingerprint density at radius 2 is 2.07 bits per heavy atom. The zero-order valence-corrected chi connectivity index (χ0v) is 9.02. The minimum atomic E-state index is 0.578. The van der Waals surface area contributed by atoms with Crippen molar-refractivity contribution in [2.75, 3.05) is 5.73 Å². The highest BCUT2D eigenvalue weighted by Gasteiger charge is 2.10. The molecule has 72 valence electrons. The van der Waals surface area contributed by atoms with Gasteiger partial charge in [0.1, 0.15) is 0 Å². The van der Waals surface area contributed by atoms with Crippen molar-refractivity contribution in [2.45, 2.75) is 6.92 Å². The van der Waals surface area contributed by atoms with Crippen LogP contribution in [0.2, 0.25) is 10.0 Å². The van der Waals surface area contributed by atoms with Gasteiger partial charge in [0, 0.05) is 17.3 Å². The summed E-state index contributed by atoms with van der Waals surface area (Å²) in [5, 5.41) is 1.93. The van der Waals surface area contributed by atoms with Crippen molar-refractivity contribution in [2.24, 2.45) is 0 Å². The first-order valence-corrected chi connectivity index (χ1v) is 4.85. The molecule has 0 bridgehead atoms. The van der Waals surface area contributed by atoms with Crippen molar-refractivity contribution in [3.05, 3.63) is 33.9 Å². The third-order valence-electron chi connectivity index (χ3n) is 2.12. The van der Waals surface area contributed by atoms with Gasteiger partial charge in [0.25, 0.3) is 0 Å². The second-order valence-electron chi connectivity index (χ2n) is 3.11. The van der Waals surface area contributed by atoms with Gasteiger partial charge >= 0.3 is 0 Å². The molecule has 1 aromatic carbocycles. The first-order valence-electron chi connectivity index (χ1n) is 4.10. The van der Waals surface area contributed by atoms with Gasteiger partial charge in [-0.15, -0.1) is 0 Å². The van der Waals surface area contributed by atoms with Crippen LogP contribution in [0.4, 0.5) is 5.69 Å². The minimum Gasteiger partial charge on any atom is -0.398 e. The number of hydrogen-bond acceptors (Lipinski definition) is 2. The minimum absolute atomic E-state index is 0.578. The van der Waals surface area contributed by atoms with Crippen molar-refractivity contribution < 1.29 is 0 Å². The number of nitrogen functional groups attached to an aromatic ring is 1. The topological polar surface area (TPSA) is 38.9 Å². The van der Waals surface area contributed by atoms with Crippen molar-refractivity contribution >= 4 is 39.8 Å². The SMILES string of the molecule is Cc1cc(Cl)c2nccc(N)c2c1Cl. The Balaban J connectivity index is 3.03. The summed E-state index contributed by atoms with van der Waals surface area (Å²) in [6.07, 6.45) is 1.62. The van der Waals surface area contributed by atoms with Crippen LogP contribution in [0.3, 0.4) is 0 Å². The number of benzene rings is 1. The molecule has 2 rings (SSSR count). The van der Waals surface area contributed by atoms with E-state index < -0.39 is 0 Å². The van der Waals surface area contributed by atoms with E-state index >= 15 is 0 Å². The molecule has 0 spiro atoms. The maximum absolute atomic E-state index is 6.12. The number of halogens is 2. The third-order valence-corrected chi connectivity index (χ3v) is 2.89. The van der Waals surface area contributed by atoms with Crippen LogP contribution in [0.5, 0.6) is 0 Å². The van der Waals surface area contributed by atoms with Gasteiger partial charge in [-0.3, -0.25) is 4.98 Å². The predicted octanol–water partition coefficient (Wildman–Crippen LogP) is 3.43. The van der Waals surface area contributed by atoms with Crippen LogP contribution in [-0.4, -0.2) is 4.98 Å². The highest BCUT2D eigenvalue weighted by molar-refractivity contribution is 6.41. The monoisotopic (exact) mass is 226 g/mol. The second-order valence-corrected chi connectivity index (χ2v) is 3.90. The molecule has 4 heteroatoms. The summed E-state index contributed by atoms with van der Waals surface area (Å²) in [6.45, 7) is 1.89. The molecule has 14 heavy (non-hydrogen) atoms. The first-order chi connectivity index (χ1) is 6.61. The number of nitrogens with two attached hydrogens (primary N) is 1. The molecule has 0 atom stereocenters. The average Bonchev–Trinajstić information content (AvgIpc) is 2.14. The molecule has 0 aliphatic rings. The van der Waals surface area contributed by atoms with Gasteiger partial charge in [-0.25, -0.2) is 0 Å². The summed E-state index contributed by atoms with van der Waals surface area (Å²) >= 11 is 12.2. The lowest BCUT2D eigenvalue weighted by atomic mass is 10.1. The molecule has 1 heterocycles. The Hall–Kier alpha value is -0.990. The number of anilines is 1. The summed E-state index contributed by atoms with van der Waals surface area (Å²) in [7, 11) is 0. The molecule has 2 aromatic rings.